The van der Waals surface area contributed by atoms with E-state index in [9.17, 15) is 4.79 Å². The molecule has 0 radical (unpaired) electrons. The molecule has 0 bridgehead atoms. The zero-order chi connectivity index (χ0) is 10.4. The molecule has 0 heterocycles. The molecule has 0 amide bonds. The van der Waals surface area contributed by atoms with Crippen LogP contribution < -0.4 is 0 Å². The molecule has 13 heavy (non-hydrogen) atoms. The predicted octanol–water partition coefficient (Wildman–Crippen LogP) is -1.79. The fourth-order valence-corrected chi connectivity index (χ4v) is 0.772. The number of ketones is 1. The van der Waals surface area contributed by atoms with Gasteiger partial charge in [0.15, 0.2) is 5.78 Å². The predicted molar refractivity (Wildman–Crippen MR) is 44.9 cm³/mol. The summed E-state index contributed by atoms with van der Waals surface area (Å²) in [7, 11) is 0. The van der Waals surface area contributed by atoms with Crippen LogP contribution in [0.2, 0.25) is 0 Å². The molecular weight excluding hydrogens is 176 g/mol. The van der Waals surface area contributed by atoms with Gasteiger partial charge in [0, 0.05) is 6.42 Å². The van der Waals surface area contributed by atoms with Crippen LogP contribution >= 0.6 is 0 Å². The Labute approximate surface area is 75.9 Å². The Kier molecular flexibility index (Phi) is 5.48. The van der Waals surface area contributed by atoms with Crippen molar-refractivity contribution in [2.45, 2.75) is 24.7 Å². The molecule has 0 saturated heterocycles. The van der Waals surface area contributed by atoms with Gasteiger partial charge in [-0.15, -0.1) is 6.58 Å². The van der Waals surface area contributed by atoms with Crippen molar-refractivity contribution in [1.82, 2.24) is 0 Å². The van der Waals surface area contributed by atoms with Gasteiger partial charge in [-0.25, -0.2) is 0 Å². The molecule has 0 aliphatic heterocycles. The number of aliphatic hydroxyl groups excluding tert-OH is 4. The van der Waals surface area contributed by atoms with Crippen molar-refractivity contribution >= 4 is 5.78 Å². The quantitative estimate of drug-likeness (QED) is 0.371. The monoisotopic (exact) mass is 190 g/mol. The zero-order valence-electron chi connectivity index (χ0n) is 7.13. The van der Waals surface area contributed by atoms with Gasteiger partial charge in [0.1, 0.15) is 18.3 Å². The van der Waals surface area contributed by atoms with Gasteiger partial charge in [-0.3, -0.25) is 4.79 Å². The maximum atomic E-state index is 10.9. The highest BCUT2D eigenvalue weighted by atomic mass is 16.4. The van der Waals surface area contributed by atoms with Crippen LogP contribution in [0.1, 0.15) is 6.42 Å². The lowest BCUT2D eigenvalue weighted by Gasteiger charge is -2.19. The number of aliphatic hydroxyl groups is 4. The molecule has 0 fully saturated rings. The molecule has 5 heteroatoms. The van der Waals surface area contributed by atoms with Crippen LogP contribution in [0.25, 0.3) is 0 Å². The molecule has 4 N–H and O–H groups in total. The molecule has 0 aromatic rings. The molecule has 0 saturated carbocycles. The second-order valence-corrected chi connectivity index (χ2v) is 2.64. The van der Waals surface area contributed by atoms with Gasteiger partial charge in [0.25, 0.3) is 0 Å². The lowest BCUT2D eigenvalue weighted by molar-refractivity contribution is -0.139. The Morgan fingerprint density at radius 2 is 1.92 bits per heavy atom. The van der Waals surface area contributed by atoms with Gasteiger partial charge in [0.2, 0.25) is 0 Å². The van der Waals surface area contributed by atoms with Crippen molar-refractivity contribution in [3.63, 3.8) is 0 Å². The smallest absolute Gasteiger partial charge is 0.167 e. The minimum atomic E-state index is -1.68. The van der Waals surface area contributed by atoms with Crippen molar-refractivity contribution in [3.8, 4) is 0 Å². The van der Waals surface area contributed by atoms with Crippen LogP contribution in [0.15, 0.2) is 12.7 Å². The first-order chi connectivity index (χ1) is 6.04. The van der Waals surface area contributed by atoms with Crippen molar-refractivity contribution in [2.75, 3.05) is 6.61 Å². The first-order valence-corrected chi connectivity index (χ1v) is 3.83. The minimum Gasteiger partial charge on any atom is -0.394 e. The molecule has 0 aromatic carbocycles. The van der Waals surface area contributed by atoms with Gasteiger partial charge >= 0.3 is 0 Å². The first kappa shape index (κ1) is 12.2. The van der Waals surface area contributed by atoms with E-state index < -0.39 is 30.7 Å². The number of rotatable bonds is 6. The van der Waals surface area contributed by atoms with Crippen LogP contribution in [0.4, 0.5) is 0 Å². The zero-order valence-corrected chi connectivity index (χ0v) is 7.13. The van der Waals surface area contributed by atoms with Gasteiger partial charge in [-0.2, -0.15) is 0 Å². The highest BCUT2D eigenvalue weighted by Gasteiger charge is 2.28. The minimum absolute atomic E-state index is 0.0869. The summed E-state index contributed by atoms with van der Waals surface area (Å²) in [4.78, 5) is 10.9. The van der Waals surface area contributed by atoms with Crippen LogP contribution in [0.3, 0.4) is 0 Å². The fourth-order valence-electron chi connectivity index (χ4n) is 0.772. The van der Waals surface area contributed by atoms with E-state index >= 15 is 0 Å². The fraction of sp³-hybridized carbons (Fsp3) is 0.625. The Morgan fingerprint density at radius 1 is 1.38 bits per heavy atom. The van der Waals surface area contributed by atoms with Gasteiger partial charge in [-0.05, 0) is 0 Å². The van der Waals surface area contributed by atoms with Crippen molar-refractivity contribution in [2.24, 2.45) is 0 Å². The Balaban J connectivity index is 4.15. The highest BCUT2D eigenvalue weighted by molar-refractivity contribution is 5.84. The van der Waals surface area contributed by atoms with Crippen molar-refractivity contribution < 1.29 is 25.2 Å². The standard InChI is InChI=1S/C8H14O5/c1-2-3-5(10)7(12)8(13)6(11)4-9/h2,6-9,11-13H,1,3-4H2/t6-,7+,8+/m1/s1. The summed E-state index contributed by atoms with van der Waals surface area (Å²) in [6.07, 6.45) is -3.65. The maximum Gasteiger partial charge on any atom is 0.167 e. The number of carbonyl (C=O) groups is 1. The Bertz CT molecular complexity index is 179. The lowest BCUT2D eigenvalue weighted by Crippen LogP contribution is -2.43. The largest absolute Gasteiger partial charge is 0.394 e. The molecule has 0 aliphatic carbocycles. The number of hydrogen-bond donors (Lipinski definition) is 4. The summed E-state index contributed by atoms with van der Waals surface area (Å²) >= 11 is 0. The van der Waals surface area contributed by atoms with Gasteiger partial charge in [0.05, 0.1) is 6.61 Å². The Hall–Kier alpha value is -0.750. The summed E-state index contributed by atoms with van der Waals surface area (Å²) in [6.45, 7) is 2.57. The van der Waals surface area contributed by atoms with E-state index in [-0.39, 0.29) is 6.42 Å². The average Bonchev–Trinajstić information content (AvgIpc) is 2.14. The molecule has 0 spiro atoms. The van der Waals surface area contributed by atoms with E-state index in [2.05, 4.69) is 6.58 Å². The summed E-state index contributed by atoms with van der Waals surface area (Å²) in [6, 6.07) is 0. The highest BCUT2D eigenvalue weighted by Crippen LogP contribution is 2.03. The number of carbonyl (C=O) groups excluding carboxylic acids is 1. The second-order valence-electron chi connectivity index (χ2n) is 2.64. The van der Waals surface area contributed by atoms with E-state index in [0.717, 1.165) is 0 Å². The van der Waals surface area contributed by atoms with E-state index in [1.807, 2.05) is 0 Å². The molecule has 0 unspecified atom stereocenters. The average molecular weight is 190 g/mol. The van der Waals surface area contributed by atoms with Crippen LogP contribution in [0.5, 0.6) is 0 Å². The molecule has 76 valence electrons. The number of allylic oxidation sites excluding steroid dienone is 1. The lowest BCUT2D eigenvalue weighted by atomic mass is 10.0. The summed E-state index contributed by atoms with van der Waals surface area (Å²) in [5.41, 5.74) is 0. The van der Waals surface area contributed by atoms with Gasteiger partial charge < -0.3 is 20.4 Å². The van der Waals surface area contributed by atoms with E-state index in [0.29, 0.717) is 0 Å². The van der Waals surface area contributed by atoms with E-state index in [1.165, 1.54) is 6.08 Å². The molecule has 5 nitrogen and oxygen atoms in total. The van der Waals surface area contributed by atoms with E-state index in [4.69, 9.17) is 20.4 Å². The Morgan fingerprint density at radius 3 is 2.31 bits per heavy atom. The topological polar surface area (TPSA) is 98.0 Å². The SMILES string of the molecule is C=CCC(=O)[C@H](O)[C@@H](O)[C@H](O)CO. The van der Waals surface area contributed by atoms with Crippen molar-refractivity contribution in [1.29, 1.82) is 0 Å². The van der Waals surface area contributed by atoms with Crippen molar-refractivity contribution in [3.05, 3.63) is 12.7 Å². The van der Waals surface area contributed by atoms with Crippen LogP contribution in [0, 0.1) is 0 Å². The molecular formula is C8H14O5. The molecule has 0 aromatic heterocycles. The summed E-state index contributed by atoms with van der Waals surface area (Å²) in [5, 5.41) is 35.5. The van der Waals surface area contributed by atoms with Crippen LogP contribution in [-0.4, -0.2) is 51.1 Å². The summed E-state index contributed by atoms with van der Waals surface area (Å²) < 4.78 is 0. The molecule has 0 aliphatic rings. The first-order valence-electron chi connectivity index (χ1n) is 3.83. The molecule has 3 atom stereocenters. The third kappa shape index (κ3) is 3.65. The number of Topliss-reactive ketones (excluding diaryl/α,β-unsaturated/α-hetero) is 1. The van der Waals surface area contributed by atoms with E-state index in [1.54, 1.807) is 0 Å². The number of hydrogen-bond acceptors (Lipinski definition) is 5. The third-order valence-electron chi connectivity index (χ3n) is 1.58. The third-order valence-corrected chi connectivity index (χ3v) is 1.58. The maximum absolute atomic E-state index is 10.9. The molecule has 0 rings (SSSR count). The second kappa shape index (κ2) is 5.82. The summed E-state index contributed by atoms with van der Waals surface area (Å²) in [5.74, 6) is -0.644. The van der Waals surface area contributed by atoms with Crippen LogP contribution in [-0.2, 0) is 4.79 Å². The normalized spacial score (nSPS) is 17.5. The van der Waals surface area contributed by atoms with Gasteiger partial charge in [-0.1, -0.05) is 6.08 Å².